The van der Waals surface area contributed by atoms with Crippen LogP contribution in [0.5, 0.6) is 11.5 Å². The van der Waals surface area contributed by atoms with Crippen LogP contribution in [0.25, 0.3) is 11.1 Å². The number of carbonyl (C=O) groups is 2. The molecule has 0 saturated carbocycles. The van der Waals surface area contributed by atoms with Crippen LogP contribution in [0.1, 0.15) is 45.7 Å². The van der Waals surface area contributed by atoms with Gasteiger partial charge in [0.05, 0.1) is 29.3 Å². The third-order valence-electron chi connectivity index (χ3n) is 6.33. The van der Waals surface area contributed by atoms with Gasteiger partial charge in [-0.3, -0.25) is 9.59 Å². The third kappa shape index (κ3) is 12.4. The molecule has 22 heteroatoms. The van der Waals surface area contributed by atoms with Crippen molar-refractivity contribution in [2.75, 3.05) is 7.11 Å². The van der Waals surface area contributed by atoms with Gasteiger partial charge in [0.25, 0.3) is 16.3 Å². The largest absolute Gasteiger partial charge is 0.573 e. The minimum atomic E-state index is -4.82. The van der Waals surface area contributed by atoms with E-state index in [0.717, 1.165) is 24.3 Å². The lowest BCUT2D eigenvalue weighted by atomic mass is 9.99. The zero-order valence-corrected chi connectivity index (χ0v) is 35.9. The Morgan fingerprint density at radius 2 is 1.08 bits per heavy atom. The average molecular weight is 1060 g/mol. The summed E-state index contributed by atoms with van der Waals surface area (Å²) in [5.74, 6) is -1.73. The molecule has 0 bridgehead atoms. The zero-order valence-electron chi connectivity index (χ0n) is 27.2. The second-order valence-corrected chi connectivity index (χ2v) is 16.2. The lowest BCUT2D eigenvalue weighted by molar-refractivity contribution is -0.275. The quantitative estimate of drug-likeness (QED) is 0.153. The van der Waals surface area contributed by atoms with E-state index in [1.54, 1.807) is 34.6 Å². The van der Waals surface area contributed by atoms with Gasteiger partial charge in [-0.2, -0.15) is 0 Å². The molecule has 0 aromatic heterocycles. The van der Waals surface area contributed by atoms with Crippen molar-refractivity contribution in [2.45, 2.75) is 58.4 Å². The van der Waals surface area contributed by atoms with Gasteiger partial charge in [-0.05, 0) is 152 Å². The summed E-state index contributed by atoms with van der Waals surface area (Å²) >= 11 is 26.8. The molecule has 2 heterocycles. The maximum atomic E-state index is 12.5. The van der Waals surface area contributed by atoms with Gasteiger partial charge in [0, 0.05) is 35.9 Å². The van der Waals surface area contributed by atoms with Gasteiger partial charge in [-0.1, -0.05) is 0 Å². The van der Waals surface area contributed by atoms with Crippen molar-refractivity contribution in [3.05, 3.63) is 64.8 Å². The Hall–Kier alpha value is -2.17. The molecule has 0 unspecified atom stereocenters. The summed E-state index contributed by atoms with van der Waals surface area (Å²) < 4.78 is 92.5. The standard InChI is InChI=1S/C15H12Br2F3NO3S.C13H10Br2F3NO3.C2H3ClOS/c1-6(25)23-12-11(13(22)21-14(12,2)3)10-8(16)4-7(5-9(10)17)24-15(18,19)20;1-12(2)10(20)9(11(21)19-12)8-6(14)3-5(4-7(8)15)22-13(16,17)18;1-4-2(3)5/h4-5H,1-3H3,(H,21,22);3-4,20H,1-2H3,(H,19,21);1H3. The third-order valence-corrected chi connectivity index (χ3v) is 9.24. The van der Waals surface area contributed by atoms with Crippen molar-refractivity contribution in [1.29, 1.82) is 0 Å². The number of thiocarbonyl (C=S) groups is 2. The number of ether oxygens (including phenoxy) is 4. The van der Waals surface area contributed by atoms with E-state index in [0.29, 0.717) is 5.56 Å². The van der Waals surface area contributed by atoms with Crippen molar-refractivity contribution in [3.63, 3.8) is 0 Å². The second kappa shape index (κ2) is 17.5. The van der Waals surface area contributed by atoms with Crippen LogP contribution in [0.4, 0.5) is 26.3 Å². The number of halogens is 11. The minimum absolute atomic E-state index is 0.0118. The molecule has 52 heavy (non-hydrogen) atoms. The monoisotopic (exact) mass is 1050 g/mol. The van der Waals surface area contributed by atoms with Crippen molar-refractivity contribution in [2.24, 2.45) is 0 Å². The number of aliphatic hydroxyl groups excluding tert-OH is 1. The second-order valence-electron chi connectivity index (χ2n) is 11.2. The fraction of sp³-hybridized carbons (Fsp3) is 0.333. The van der Waals surface area contributed by atoms with E-state index in [-0.39, 0.29) is 55.7 Å². The van der Waals surface area contributed by atoms with E-state index in [4.69, 9.17) is 28.6 Å². The van der Waals surface area contributed by atoms with Gasteiger partial charge in [-0.25, -0.2) is 0 Å². The first kappa shape index (κ1) is 46.0. The van der Waals surface area contributed by atoms with Crippen molar-refractivity contribution in [1.82, 2.24) is 10.6 Å². The fourth-order valence-electron chi connectivity index (χ4n) is 4.39. The van der Waals surface area contributed by atoms with Crippen molar-refractivity contribution < 1.29 is 60.0 Å². The number of carbonyl (C=O) groups excluding carboxylic acids is 2. The number of aliphatic hydroxyl groups is 1. The van der Waals surface area contributed by atoms with Gasteiger partial charge < -0.3 is 34.7 Å². The van der Waals surface area contributed by atoms with Crippen LogP contribution in [0.15, 0.2) is 53.7 Å². The molecule has 2 aromatic carbocycles. The Bertz CT molecular complexity index is 1810. The molecular weight excluding hydrogens is 1030 g/mol. The fourth-order valence-corrected chi connectivity index (χ4v) is 7.55. The van der Waals surface area contributed by atoms with E-state index in [1.165, 1.54) is 7.11 Å². The summed E-state index contributed by atoms with van der Waals surface area (Å²) in [6.07, 6.45) is -9.65. The Balaban J connectivity index is 0.000000321. The predicted octanol–water partition coefficient (Wildman–Crippen LogP) is 10.5. The Kier molecular flexibility index (Phi) is 15.5. The average Bonchev–Trinajstić information content (AvgIpc) is 3.27. The molecule has 0 fully saturated rings. The van der Waals surface area contributed by atoms with Crippen LogP contribution < -0.4 is 20.1 Å². The number of hydrogen-bond acceptors (Lipinski definition) is 9. The molecule has 2 amide bonds. The minimum Gasteiger partial charge on any atom is -0.509 e. The zero-order chi connectivity index (χ0) is 40.3. The first-order valence-corrected chi connectivity index (χ1v) is 18.1. The van der Waals surface area contributed by atoms with Crippen LogP contribution in [0, 0.1) is 0 Å². The van der Waals surface area contributed by atoms with E-state index in [1.807, 2.05) is 0 Å². The number of methoxy groups -OCH3 is 1. The number of rotatable bonds is 5. The molecule has 286 valence electrons. The molecule has 2 aliphatic rings. The summed E-state index contributed by atoms with van der Waals surface area (Å²) in [4.78, 5) is 24.5. The van der Waals surface area contributed by atoms with Gasteiger partial charge in [0.2, 0.25) is 0 Å². The van der Waals surface area contributed by atoms with Crippen LogP contribution in [0.2, 0.25) is 0 Å². The van der Waals surface area contributed by atoms with Crippen molar-refractivity contribution >= 4 is 132 Å². The lowest BCUT2D eigenvalue weighted by Gasteiger charge is -2.22. The molecule has 9 nitrogen and oxygen atoms in total. The summed E-state index contributed by atoms with van der Waals surface area (Å²) in [6, 6.07) is 4.40. The van der Waals surface area contributed by atoms with Crippen molar-refractivity contribution in [3.8, 4) is 11.5 Å². The molecule has 4 rings (SSSR count). The van der Waals surface area contributed by atoms with Gasteiger partial charge in [0.15, 0.2) is 5.05 Å². The van der Waals surface area contributed by atoms with Crippen LogP contribution >= 0.6 is 99.8 Å². The highest BCUT2D eigenvalue weighted by molar-refractivity contribution is 9.11. The number of alkyl halides is 6. The topological polar surface area (TPSA) is 115 Å². The van der Waals surface area contributed by atoms with E-state index < -0.39 is 47.1 Å². The molecule has 2 aromatic rings. The highest BCUT2D eigenvalue weighted by atomic mass is 79.9. The molecule has 3 N–H and O–H groups in total. The summed E-state index contributed by atoms with van der Waals surface area (Å²) in [7, 11) is 1.43. The maximum Gasteiger partial charge on any atom is 0.573 e. The van der Waals surface area contributed by atoms with Crippen LogP contribution in [-0.2, 0) is 19.1 Å². The number of amides is 2. The molecule has 0 atom stereocenters. The van der Waals surface area contributed by atoms with Gasteiger partial charge in [0.1, 0.15) is 23.0 Å². The molecule has 0 aliphatic carbocycles. The number of nitrogens with one attached hydrogen (secondary N) is 2. The summed E-state index contributed by atoms with van der Waals surface area (Å²) in [5, 5.41) is 15.7. The molecular formula is C30H25Br4ClF6N2O7S2. The number of hydrogen-bond donors (Lipinski definition) is 3. The normalized spacial score (nSPS) is 16.2. The summed E-state index contributed by atoms with van der Waals surface area (Å²) in [5.41, 5.74) is -1.04. The highest BCUT2D eigenvalue weighted by Gasteiger charge is 2.43. The lowest BCUT2D eigenvalue weighted by Crippen LogP contribution is -2.39. The highest BCUT2D eigenvalue weighted by Crippen LogP contribution is 2.44. The SMILES string of the molecule is CC(=S)OC1=C(c2c(Br)cc(OC(F)(F)F)cc2Br)C(=O)NC1(C)C.CC1(C)NC(=O)C(c2c(Br)cc(OC(F)(F)F)cc2Br)=C1O.COC(=S)Cl. The Labute approximate surface area is 342 Å². The van der Waals surface area contributed by atoms with Crippen LogP contribution in [-0.4, -0.2) is 57.4 Å². The van der Waals surface area contributed by atoms with Gasteiger partial charge in [-0.15, -0.1) is 26.3 Å². The first-order chi connectivity index (χ1) is 23.5. The molecule has 2 aliphatic heterocycles. The molecule has 0 radical (unpaired) electrons. The smallest absolute Gasteiger partial charge is 0.509 e. The van der Waals surface area contributed by atoms with E-state index in [9.17, 15) is 41.0 Å². The van der Waals surface area contributed by atoms with Gasteiger partial charge >= 0.3 is 12.7 Å². The van der Waals surface area contributed by atoms with E-state index in [2.05, 4.69) is 101 Å². The van der Waals surface area contributed by atoms with Crippen LogP contribution in [0.3, 0.4) is 0 Å². The number of benzene rings is 2. The first-order valence-electron chi connectivity index (χ1n) is 13.8. The predicted molar refractivity (Wildman–Crippen MR) is 203 cm³/mol. The maximum absolute atomic E-state index is 12.5. The summed E-state index contributed by atoms with van der Waals surface area (Å²) in [6.45, 7) is 8.23. The molecule has 0 spiro atoms. The Morgan fingerprint density at radius 1 is 0.750 bits per heavy atom. The van der Waals surface area contributed by atoms with E-state index >= 15 is 0 Å². The molecule has 0 saturated heterocycles. The Morgan fingerprint density at radius 3 is 1.37 bits per heavy atom.